The fourth-order valence-electron chi connectivity index (χ4n) is 2.47. The molecule has 0 aliphatic carbocycles. The van der Waals surface area contributed by atoms with Crippen LogP contribution in [0.1, 0.15) is 32.4 Å². The van der Waals surface area contributed by atoms with Crippen LogP contribution in [0.3, 0.4) is 0 Å². The Morgan fingerprint density at radius 1 is 1.47 bits per heavy atom. The summed E-state index contributed by atoms with van der Waals surface area (Å²) in [5, 5.41) is 6.20. The molecular weight excluding hydrogens is 262 g/mol. The molecule has 0 spiro atoms. The van der Waals surface area contributed by atoms with Crippen molar-refractivity contribution in [2.45, 2.75) is 39.7 Å². The highest BCUT2D eigenvalue weighted by molar-refractivity contribution is 5.94. The number of nitrogens with zero attached hydrogens (tertiary/aromatic N) is 1. The zero-order chi connectivity index (χ0) is 13.2. The van der Waals surface area contributed by atoms with Crippen LogP contribution in [0.15, 0.2) is 18.2 Å². The fourth-order valence-corrected chi connectivity index (χ4v) is 2.47. The lowest BCUT2D eigenvalue weighted by atomic mass is 9.77. The largest absolute Gasteiger partial charge is 0.309 e. The van der Waals surface area contributed by atoms with Crippen LogP contribution >= 0.6 is 12.4 Å². The first kappa shape index (κ1) is 15.9. The maximum atomic E-state index is 12.3. The first-order valence-corrected chi connectivity index (χ1v) is 6.47. The summed E-state index contributed by atoms with van der Waals surface area (Å²) in [5.74, 6) is 0.640. The fraction of sp³-hybridized carbons (Fsp3) is 0.571. The molecule has 1 amide bonds. The quantitative estimate of drug-likeness (QED) is 0.877. The number of amides is 1. The van der Waals surface area contributed by atoms with Gasteiger partial charge in [-0.1, -0.05) is 19.9 Å². The topological polar surface area (TPSA) is 54.0 Å². The van der Waals surface area contributed by atoms with E-state index in [-0.39, 0.29) is 29.8 Å². The number of aromatic nitrogens is 1. The summed E-state index contributed by atoms with van der Waals surface area (Å²) in [4.78, 5) is 16.6. The number of rotatable bonds is 2. The average Bonchev–Trinajstić information content (AvgIpc) is 2.28. The van der Waals surface area contributed by atoms with Gasteiger partial charge in [0.15, 0.2) is 0 Å². The third-order valence-electron chi connectivity index (χ3n) is 3.53. The van der Waals surface area contributed by atoms with E-state index >= 15 is 0 Å². The predicted octanol–water partition coefficient (Wildman–Crippen LogP) is 2.53. The summed E-state index contributed by atoms with van der Waals surface area (Å²) in [7, 11) is 0. The summed E-state index contributed by atoms with van der Waals surface area (Å²) in [5.41, 5.74) is 0.898. The van der Waals surface area contributed by atoms with Gasteiger partial charge in [-0.3, -0.25) is 4.79 Å². The van der Waals surface area contributed by atoms with Crippen LogP contribution in [-0.2, 0) is 4.79 Å². The summed E-state index contributed by atoms with van der Waals surface area (Å²) in [6.07, 6.45) is 2.19. The number of nitrogens with one attached hydrogen (secondary N) is 2. The standard InChI is InChI=1S/C14H21N3O.ClH/c1-10-6-4-7-11(16-10)17-13(18)12-14(2,3)8-5-9-15-12;/h4,6-7,12,15H,5,8-9H2,1-3H3,(H,16,17,18);1H. The molecule has 2 heterocycles. The molecule has 106 valence electrons. The zero-order valence-electron chi connectivity index (χ0n) is 11.7. The SMILES string of the molecule is Cc1cccc(NC(=O)C2NCCCC2(C)C)n1.Cl. The second kappa shape index (κ2) is 6.35. The molecule has 2 rings (SSSR count). The third-order valence-corrected chi connectivity index (χ3v) is 3.53. The Morgan fingerprint density at radius 3 is 2.84 bits per heavy atom. The minimum Gasteiger partial charge on any atom is -0.309 e. The Kier molecular flexibility index (Phi) is 5.32. The van der Waals surface area contributed by atoms with Gasteiger partial charge in [0.05, 0.1) is 6.04 Å². The molecule has 5 heteroatoms. The Morgan fingerprint density at radius 2 is 2.21 bits per heavy atom. The number of hydrogen-bond acceptors (Lipinski definition) is 3. The van der Waals surface area contributed by atoms with Gasteiger partial charge in [0, 0.05) is 5.69 Å². The molecule has 1 atom stereocenters. The van der Waals surface area contributed by atoms with Crippen molar-refractivity contribution < 1.29 is 4.79 Å². The minimum absolute atomic E-state index is 0. The molecule has 19 heavy (non-hydrogen) atoms. The van der Waals surface area contributed by atoms with Gasteiger partial charge in [-0.25, -0.2) is 4.98 Å². The van der Waals surface area contributed by atoms with Crippen LogP contribution in [0.2, 0.25) is 0 Å². The highest BCUT2D eigenvalue weighted by Gasteiger charge is 2.37. The Hall–Kier alpha value is -1.13. The second-order valence-electron chi connectivity index (χ2n) is 5.63. The number of aryl methyl sites for hydroxylation is 1. The Labute approximate surface area is 120 Å². The molecule has 1 aliphatic rings. The van der Waals surface area contributed by atoms with Crippen LogP contribution in [0.5, 0.6) is 0 Å². The number of hydrogen-bond donors (Lipinski definition) is 2. The van der Waals surface area contributed by atoms with Gasteiger partial charge in [-0.2, -0.15) is 0 Å². The maximum Gasteiger partial charge on any atom is 0.243 e. The predicted molar refractivity (Wildman–Crippen MR) is 79.7 cm³/mol. The van der Waals surface area contributed by atoms with Crippen molar-refractivity contribution >= 4 is 24.1 Å². The van der Waals surface area contributed by atoms with E-state index in [2.05, 4.69) is 29.5 Å². The van der Waals surface area contributed by atoms with E-state index in [4.69, 9.17) is 0 Å². The van der Waals surface area contributed by atoms with Gasteiger partial charge < -0.3 is 10.6 Å². The minimum atomic E-state index is -0.145. The van der Waals surface area contributed by atoms with Gasteiger partial charge >= 0.3 is 0 Å². The average molecular weight is 284 g/mol. The number of carbonyl (C=O) groups excluding carboxylic acids is 1. The molecule has 0 saturated carbocycles. The van der Waals surface area contributed by atoms with E-state index in [0.717, 1.165) is 25.1 Å². The van der Waals surface area contributed by atoms with E-state index in [1.807, 2.05) is 25.1 Å². The molecule has 1 aliphatic heterocycles. The van der Waals surface area contributed by atoms with Gasteiger partial charge in [0.1, 0.15) is 5.82 Å². The van der Waals surface area contributed by atoms with E-state index in [1.54, 1.807) is 0 Å². The van der Waals surface area contributed by atoms with Gasteiger partial charge in [0.2, 0.25) is 5.91 Å². The van der Waals surface area contributed by atoms with Crippen molar-refractivity contribution in [1.82, 2.24) is 10.3 Å². The van der Waals surface area contributed by atoms with Gasteiger partial charge in [-0.15, -0.1) is 12.4 Å². The van der Waals surface area contributed by atoms with Crippen molar-refractivity contribution in [1.29, 1.82) is 0 Å². The van der Waals surface area contributed by atoms with Crippen LogP contribution in [-0.4, -0.2) is 23.5 Å². The van der Waals surface area contributed by atoms with E-state index < -0.39 is 0 Å². The number of pyridine rings is 1. The molecule has 0 radical (unpaired) electrons. The van der Waals surface area contributed by atoms with E-state index in [9.17, 15) is 4.79 Å². The Bertz CT molecular complexity index is 448. The van der Waals surface area contributed by atoms with Gasteiger partial charge in [-0.05, 0) is 43.9 Å². The summed E-state index contributed by atoms with van der Waals surface area (Å²) < 4.78 is 0. The van der Waals surface area contributed by atoms with Gasteiger partial charge in [0.25, 0.3) is 0 Å². The normalized spacial score (nSPS) is 21.3. The maximum absolute atomic E-state index is 12.3. The smallest absolute Gasteiger partial charge is 0.243 e. The number of anilines is 1. The molecule has 1 aromatic rings. The summed E-state index contributed by atoms with van der Waals surface area (Å²) >= 11 is 0. The summed E-state index contributed by atoms with van der Waals surface area (Å²) in [6, 6.07) is 5.49. The summed E-state index contributed by atoms with van der Waals surface area (Å²) in [6.45, 7) is 7.08. The van der Waals surface area contributed by atoms with Crippen molar-refractivity contribution in [3.05, 3.63) is 23.9 Å². The monoisotopic (exact) mass is 283 g/mol. The highest BCUT2D eigenvalue weighted by Crippen LogP contribution is 2.30. The van der Waals surface area contributed by atoms with E-state index in [0.29, 0.717) is 5.82 Å². The number of carbonyl (C=O) groups is 1. The zero-order valence-corrected chi connectivity index (χ0v) is 12.5. The molecule has 1 saturated heterocycles. The van der Waals surface area contributed by atoms with Crippen molar-refractivity contribution in [2.75, 3.05) is 11.9 Å². The molecule has 0 bridgehead atoms. The molecule has 0 aromatic carbocycles. The molecule has 1 fully saturated rings. The lowest BCUT2D eigenvalue weighted by molar-refractivity contribution is -0.121. The highest BCUT2D eigenvalue weighted by atomic mass is 35.5. The Balaban J connectivity index is 0.00000180. The molecular formula is C14H22ClN3O. The molecule has 1 unspecified atom stereocenters. The lowest BCUT2D eigenvalue weighted by Crippen LogP contribution is -2.53. The van der Waals surface area contributed by atoms with Crippen molar-refractivity contribution in [3.63, 3.8) is 0 Å². The lowest BCUT2D eigenvalue weighted by Gasteiger charge is -2.38. The van der Waals surface area contributed by atoms with Crippen LogP contribution < -0.4 is 10.6 Å². The van der Waals surface area contributed by atoms with Crippen molar-refractivity contribution in [2.24, 2.45) is 5.41 Å². The number of halogens is 1. The molecule has 2 N–H and O–H groups in total. The number of piperidine rings is 1. The van der Waals surface area contributed by atoms with Crippen molar-refractivity contribution in [3.8, 4) is 0 Å². The van der Waals surface area contributed by atoms with Crippen LogP contribution in [0, 0.1) is 12.3 Å². The third kappa shape index (κ3) is 3.91. The first-order valence-electron chi connectivity index (χ1n) is 6.47. The molecule has 1 aromatic heterocycles. The van der Waals surface area contributed by atoms with E-state index in [1.165, 1.54) is 0 Å². The second-order valence-corrected chi connectivity index (χ2v) is 5.63. The van der Waals surface area contributed by atoms with Crippen LogP contribution in [0.25, 0.3) is 0 Å². The molecule has 4 nitrogen and oxygen atoms in total. The first-order chi connectivity index (χ1) is 8.49. The van der Waals surface area contributed by atoms with Crippen LogP contribution in [0.4, 0.5) is 5.82 Å².